The molecule has 0 saturated heterocycles. The second-order valence-electron chi connectivity index (χ2n) is 3.55. The molecule has 1 unspecified atom stereocenters. The third-order valence-corrected chi connectivity index (χ3v) is 2.52. The van der Waals surface area contributed by atoms with Crippen LogP contribution in [0.1, 0.15) is 19.8 Å². The van der Waals surface area contributed by atoms with Crippen LogP contribution in [0, 0.1) is 0 Å². The van der Waals surface area contributed by atoms with Gasteiger partial charge in [0.25, 0.3) is 0 Å². The Bertz CT molecular complexity index is 335. The molecule has 0 amide bonds. The monoisotopic (exact) mass is 244 g/mol. The molecule has 90 valence electrons. The lowest BCUT2D eigenvalue weighted by atomic mass is 10.2. The average Bonchev–Trinajstić information content (AvgIpc) is 2.27. The SMILES string of the molecule is CNc1c(Cl)ncnc1NC(C)CCCO. The first-order valence-corrected chi connectivity index (χ1v) is 5.62. The first-order chi connectivity index (χ1) is 7.69. The topological polar surface area (TPSA) is 70.1 Å². The fraction of sp³-hybridized carbons (Fsp3) is 0.600. The van der Waals surface area contributed by atoms with Gasteiger partial charge in [0.2, 0.25) is 0 Å². The third-order valence-electron chi connectivity index (χ3n) is 2.23. The van der Waals surface area contributed by atoms with Gasteiger partial charge in [-0.15, -0.1) is 0 Å². The molecule has 0 fully saturated rings. The molecule has 16 heavy (non-hydrogen) atoms. The maximum Gasteiger partial charge on any atom is 0.157 e. The Balaban J connectivity index is 2.69. The lowest BCUT2D eigenvalue weighted by Crippen LogP contribution is -2.17. The molecule has 1 aromatic rings. The molecule has 0 aromatic carbocycles. The Hall–Kier alpha value is -1.07. The van der Waals surface area contributed by atoms with E-state index in [0.29, 0.717) is 16.7 Å². The van der Waals surface area contributed by atoms with Crippen LogP contribution in [0.3, 0.4) is 0 Å². The fourth-order valence-electron chi connectivity index (χ4n) is 1.40. The minimum atomic E-state index is 0.204. The highest BCUT2D eigenvalue weighted by Crippen LogP contribution is 2.26. The number of anilines is 2. The molecule has 1 atom stereocenters. The first kappa shape index (κ1) is 13.0. The highest BCUT2D eigenvalue weighted by molar-refractivity contribution is 6.32. The van der Waals surface area contributed by atoms with E-state index in [1.165, 1.54) is 6.33 Å². The van der Waals surface area contributed by atoms with E-state index in [4.69, 9.17) is 16.7 Å². The van der Waals surface area contributed by atoms with Gasteiger partial charge in [0.1, 0.15) is 12.0 Å². The van der Waals surface area contributed by atoms with E-state index < -0.39 is 0 Å². The number of halogens is 1. The zero-order chi connectivity index (χ0) is 12.0. The zero-order valence-corrected chi connectivity index (χ0v) is 10.3. The van der Waals surface area contributed by atoms with Gasteiger partial charge in [-0.3, -0.25) is 0 Å². The van der Waals surface area contributed by atoms with Crippen molar-refractivity contribution >= 4 is 23.1 Å². The molecular weight excluding hydrogens is 228 g/mol. The molecule has 3 N–H and O–H groups in total. The highest BCUT2D eigenvalue weighted by atomic mass is 35.5. The number of rotatable bonds is 6. The van der Waals surface area contributed by atoms with Gasteiger partial charge in [-0.1, -0.05) is 11.6 Å². The number of nitrogens with one attached hydrogen (secondary N) is 2. The largest absolute Gasteiger partial charge is 0.396 e. The molecular formula is C10H17ClN4O. The van der Waals surface area contributed by atoms with E-state index in [0.717, 1.165) is 12.8 Å². The van der Waals surface area contributed by atoms with Crippen molar-refractivity contribution in [1.29, 1.82) is 0 Å². The summed E-state index contributed by atoms with van der Waals surface area (Å²) in [7, 11) is 1.77. The first-order valence-electron chi connectivity index (χ1n) is 5.24. The number of aliphatic hydroxyl groups excluding tert-OH is 1. The van der Waals surface area contributed by atoms with Crippen LogP contribution in [0.5, 0.6) is 0 Å². The van der Waals surface area contributed by atoms with E-state index in [2.05, 4.69) is 20.6 Å². The van der Waals surface area contributed by atoms with Crippen LogP contribution in [0.4, 0.5) is 11.5 Å². The van der Waals surface area contributed by atoms with Gasteiger partial charge < -0.3 is 15.7 Å². The smallest absolute Gasteiger partial charge is 0.157 e. The second kappa shape index (κ2) is 6.50. The molecule has 0 spiro atoms. The summed E-state index contributed by atoms with van der Waals surface area (Å²) in [5.41, 5.74) is 0.694. The van der Waals surface area contributed by atoms with Crippen molar-refractivity contribution in [1.82, 2.24) is 9.97 Å². The predicted molar refractivity (Wildman–Crippen MR) is 66.0 cm³/mol. The van der Waals surface area contributed by atoms with Gasteiger partial charge in [-0.05, 0) is 19.8 Å². The predicted octanol–water partition coefficient (Wildman–Crippen LogP) is 1.74. The Kier molecular flexibility index (Phi) is 5.28. The van der Waals surface area contributed by atoms with Crippen LogP contribution in [-0.2, 0) is 0 Å². The quantitative estimate of drug-likeness (QED) is 0.665. The summed E-state index contributed by atoms with van der Waals surface area (Å²) in [5, 5.41) is 15.3. The Labute approximate surface area is 100 Å². The van der Waals surface area contributed by atoms with Crippen LogP contribution < -0.4 is 10.6 Å². The van der Waals surface area contributed by atoms with Crippen molar-refractivity contribution in [3.8, 4) is 0 Å². The summed E-state index contributed by atoms with van der Waals surface area (Å²) >= 11 is 5.92. The van der Waals surface area contributed by atoms with E-state index in [9.17, 15) is 0 Å². The minimum absolute atomic E-state index is 0.204. The maximum absolute atomic E-state index is 8.74. The molecule has 6 heteroatoms. The Morgan fingerprint density at radius 3 is 2.88 bits per heavy atom. The molecule has 1 heterocycles. The number of aromatic nitrogens is 2. The molecule has 5 nitrogen and oxygen atoms in total. The van der Waals surface area contributed by atoms with Crippen molar-refractivity contribution in [3.05, 3.63) is 11.5 Å². The van der Waals surface area contributed by atoms with E-state index in [-0.39, 0.29) is 12.6 Å². The van der Waals surface area contributed by atoms with E-state index in [1.807, 2.05) is 6.92 Å². The summed E-state index contributed by atoms with van der Waals surface area (Å²) in [4.78, 5) is 8.02. The number of nitrogens with zero attached hydrogens (tertiary/aromatic N) is 2. The molecule has 0 aliphatic carbocycles. The Morgan fingerprint density at radius 1 is 1.50 bits per heavy atom. The van der Waals surface area contributed by atoms with Gasteiger partial charge >= 0.3 is 0 Å². The van der Waals surface area contributed by atoms with Crippen molar-refractivity contribution in [2.75, 3.05) is 24.3 Å². The minimum Gasteiger partial charge on any atom is -0.396 e. The second-order valence-corrected chi connectivity index (χ2v) is 3.91. The van der Waals surface area contributed by atoms with Crippen molar-refractivity contribution in [2.45, 2.75) is 25.8 Å². The van der Waals surface area contributed by atoms with Crippen molar-refractivity contribution in [3.63, 3.8) is 0 Å². The molecule has 0 aliphatic heterocycles. The van der Waals surface area contributed by atoms with Gasteiger partial charge in [0.05, 0.1) is 0 Å². The van der Waals surface area contributed by atoms with Crippen LogP contribution in [0.25, 0.3) is 0 Å². The van der Waals surface area contributed by atoms with Crippen LogP contribution >= 0.6 is 11.6 Å². The summed E-state index contributed by atoms with van der Waals surface area (Å²) in [5.74, 6) is 0.688. The van der Waals surface area contributed by atoms with Crippen molar-refractivity contribution in [2.24, 2.45) is 0 Å². The third kappa shape index (κ3) is 3.50. The average molecular weight is 245 g/mol. The summed E-state index contributed by atoms with van der Waals surface area (Å²) < 4.78 is 0. The van der Waals surface area contributed by atoms with E-state index in [1.54, 1.807) is 7.05 Å². The molecule has 0 radical (unpaired) electrons. The molecule has 0 bridgehead atoms. The highest BCUT2D eigenvalue weighted by Gasteiger charge is 2.10. The van der Waals surface area contributed by atoms with E-state index >= 15 is 0 Å². The lowest BCUT2D eigenvalue weighted by Gasteiger charge is -2.16. The summed E-state index contributed by atoms with van der Waals surface area (Å²) in [6, 6.07) is 0.227. The van der Waals surface area contributed by atoms with Gasteiger partial charge in [-0.2, -0.15) is 0 Å². The van der Waals surface area contributed by atoms with Crippen LogP contribution in [0.15, 0.2) is 6.33 Å². The van der Waals surface area contributed by atoms with Gasteiger partial charge in [-0.25, -0.2) is 9.97 Å². The van der Waals surface area contributed by atoms with Gasteiger partial charge in [0, 0.05) is 19.7 Å². The molecule has 0 saturated carbocycles. The van der Waals surface area contributed by atoms with Crippen LogP contribution in [-0.4, -0.2) is 34.8 Å². The number of hydrogen-bond acceptors (Lipinski definition) is 5. The lowest BCUT2D eigenvalue weighted by molar-refractivity contribution is 0.282. The van der Waals surface area contributed by atoms with Crippen molar-refractivity contribution < 1.29 is 5.11 Å². The normalized spacial score (nSPS) is 12.2. The zero-order valence-electron chi connectivity index (χ0n) is 9.50. The van der Waals surface area contributed by atoms with Crippen LogP contribution in [0.2, 0.25) is 5.15 Å². The molecule has 0 aliphatic rings. The number of hydrogen-bond donors (Lipinski definition) is 3. The number of aliphatic hydroxyl groups is 1. The Morgan fingerprint density at radius 2 is 2.25 bits per heavy atom. The maximum atomic E-state index is 8.74. The van der Waals surface area contributed by atoms with Gasteiger partial charge in [0.15, 0.2) is 11.0 Å². The standard InChI is InChI=1S/C10H17ClN4O/c1-7(4-3-5-16)15-10-8(12-2)9(11)13-6-14-10/h6-7,12,16H,3-5H2,1-2H3,(H,13,14,15). The molecule has 1 aromatic heterocycles. The summed E-state index contributed by atoms with van der Waals surface area (Å²) in [6.07, 6.45) is 3.06. The summed E-state index contributed by atoms with van der Waals surface area (Å²) in [6.45, 7) is 2.24. The fourth-order valence-corrected chi connectivity index (χ4v) is 1.63. The molecule has 1 rings (SSSR count).